The minimum absolute atomic E-state index is 0.247. The molecule has 0 aliphatic heterocycles. The SMILES string of the molecule is Cc1sccc1C(C)C(C)O. The van der Waals surface area contributed by atoms with Crippen molar-refractivity contribution in [3.8, 4) is 0 Å². The largest absolute Gasteiger partial charge is 0.393 e. The van der Waals surface area contributed by atoms with E-state index >= 15 is 0 Å². The van der Waals surface area contributed by atoms with Crippen LogP contribution in [0.1, 0.15) is 30.2 Å². The van der Waals surface area contributed by atoms with Crippen molar-refractivity contribution in [1.29, 1.82) is 0 Å². The lowest BCUT2D eigenvalue weighted by Crippen LogP contribution is -2.10. The molecule has 0 spiro atoms. The molecule has 1 nitrogen and oxygen atoms in total. The number of thiophene rings is 1. The number of aliphatic hydroxyl groups excluding tert-OH is 1. The van der Waals surface area contributed by atoms with E-state index in [0.717, 1.165) is 0 Å². The lowest BCUT2D eigenvalue weighted by Gasteiger charge is -2.13. The Morgan fingerprint density at radius 3 is 2.45 bits per heavy atom. The highest BCUT2D eigenvalue weighted by Crippen LogP contribution is 2.26. The van der Waals surface area contributed by atoms with E-state index in [4.69, 9.17) is 0 Å². The zero-order valence-electron chi connectivity index (χ0n) is 7.16. The Bertz CT molecular complexity index is 227. The first kappa shape index (κ1) is 8.75. The highest BCUT2D eigenvalue weighted by atomic mass is 32.1. The molecule has 1 rings (SSSR count). The van der Waals surface area contributed by atoms with Crippen molar-refractivity contribution in [3.05, 3.63) is 21.9 Å². The Morgan fingerprint density at radius 1 is 1.45 bits per heavy atom. The Labute approximate surface area is 71.7 Å². The first-order chi connectivity index (χ1) is 5.13. The molecule has 0 bridgehead atoms. The summed E-state index contributed by atoms with van der Waals surface area (Å²) in [6.45, 7) is 5.99. The summed E-state index contributed by atoms with van der Waals surface area (Å²) in [6, 6.07) is 2.09. The summed E-state index contributed by atoms with van der Waals surface area (Å²) < 4.78 is 0. The van der Waals surface area contributed by atoms with E-state index in [0.29, 0.717) is 0 Å². The van der Waals surface area contributed by atoms with E-state index in [2.05, 4.69) is 25.3 Å². The molecule has 0 saturated carbocycles. The van der Waals surface area contributed by atoms with Gasteiger partial charge in [-0.05, 0) is 30.9 Å². The van der Waals surface area contributed by atoms with Gasteiger partial charge < -0.3 is 5.11 Å². The van der Waals surface area contributed by atoms with Crippen LogP contribution in [0.2, 0.25) is 0 Å². The maximum absolute atomic E-state index is 9.32. The predicted octanol–water partition coefficient (Wildman–Crippen LogP) is 2.54. The third-order valence-corrected chi connectivity index (χ3v) is 2.97. The standard InChI is InChI=1S/C9H14OS/c1-6(7(2)10)9-4-5-11-8(9)3/h4-7,10H,1-3H3. The normalized spacial score (nSPS) is 16.4. The Morgan fingerprint density at radius 2 is 2.09 bits per heavy atom. The molecule has 2 atom stereocenters. The van der Waals surface area contributed by atoms with Gasteiger partial charge in [-0.15, -0.1) is 11.3 Å². The second kappa shape index (κ2) is 3.37. The summed E-state index contributed by atoms with van der Waals surface area (Å²) in [7, 11) is 0. The highest BCUT2D eigenvalue weighted by Gasteiger charge is 2.13. The molecule has 0 aliphatic rings. The maximum atomic E-state index is 9.32. The van der Waals surface area contributed by atoms with E-state index in [-0.39, 0.29) is 12.0 Å². The molecule has 1 aromatic heterocycles. The fourth-order valence-electron chi connectivity index (χ4n) is 1.13. The predicted molar refractivity (Wildman–Crippen MR) is 49.2 cm³/mol. The van der Waals surface area contributed by atoms with Crippen molar-refractivity contribution >= 4 is 11.3 Å². The van der Waals surface area contributed by atoms with E-state index in [1.54, 1.807) is 11.3 Å². The van der Waals surface area contributed by atoms with E-state index in [9.17, 15) is 5.11 Å². The molecular formula is C9H14OS. The third-order valence-electron chi connectivity index (χ3n) is 2.11. The van der Waals surface area contributed by atoms with Gasteiger partial charge >= 0.3 is 0 Å². The van der Waals surface area contributed by atoms with Gasteiger partial charge in [-0.25, -0.2) is 0 Å². The molecule has 0 aliphatic carbocycles. The van der Waals surface area contributed by atoms with Crippen molar-refractivity contribution in [2.45, 2.75) is 32.8 Å². The third kappa shape index (κ3) is 1.82. The molecule has 0 amide bonds. The second-order valence-corrected chi connectivity index (χ2v) is 4.08. The highest BCUT2D eigenvalue weighted by molar-refractivity contribution is 7.10. The average Bonchev–Trinajstić information content (AvgIpc) is 2.33. The fourth-order valence-corrected chi connectivity index (χ4v) is 1.94. The molecule has 1 aromatic rings. The molecule has 1 heterocycles. The zero-order chi connectivity index (χ0) is 8.43. The van der Waals surface area contributed by atoms with Crippen LogP contribution in [0.15, 0.2) is 11.4 Å². The lowest BCUT2D eigenvalue weighted by atomic mass is 9.97. The molecule has 11 heavy (non-hydrogen) atoms. The first-order valence-corrected chi connectivity index (χ1v) is 4.73. The van der Waals surface area contributed by atoms with Gasteiger partial charge in [0.05, 0.1) is 6.10 Å². The monoisotopic (exact) mass is 170 g/mol. The second-order valence-electron chi connectivity index (χ2n) is 2.96. The van der Waals surface area contributed by atoms with Crippen LogP contribution in [0.25, 0.3) is 0 Å². The van der Waals surface area contributed by atoms with Crippen molar-refractivity contribution in [1.82, 2.24) is 0 Å². The van der Waals surface area contributed by atoms with Gasteiger partial charge in [0.25, 0.3) is 0 Å². The topological polar surface area (TPSA) is 20.2 Å². The zero-order valence-corrected chi connectivity index (χ0v) is 7.98. The Kier molecular flexibility index (Phi) is 2.68. The summed E-state index contributed by atoms with van der Waals surface area (Å²) in [4.78, 5) is 1.32. The van der Waals surface area contributed by atoms with Gasteiger partial charge in [0, 0.05) is 10.8 Å². The summed E-state index contributed by atoms with van der Waals surface area (Å²) in [5.74, 6) is 0.265. The van der Waals surface area contributed by atoms with Crippen LogP contribution in [-0.4, -0.2) is 11.2 Å². The summed E-state index contributed by atoms with van der Waals surface area (Å²) in [6.07, 6.45) is -0.247. The van der Waals surface area contributed by atoms with Crippen LogP contribution in [0.4, 0.5) is 0 Å². The molecule has 62 valence electrons. The molecule has 0 aromatic carbocycles. The number of hydrogen-bond acceptors (Lipinski definition) is 2. The minimum atomic E-state index is -0.247. The first-order valence-electron chi connectivity index (χ1n) is 3.85. The Balaban J connectivity index is 2.84. The summed E-state index contributed by atoms with van der Waals surface area (Å²) in [5, 5.41) is 11.4. The van der Waals surface area contributed by atoms with Crippen LogP contribution >= 0.6 is 11.3 Å². The lowest BCUT2D eigenvalue weighted by molar-refractivity contribution is 0.169. The summed E-state index contributed by atoms with van der Waals surface area (Å²) >= 11 is 1.74. The van der Waals surface area contributed by atoms with Crippen LogP contribution < -0.4 is 0 Å². The molecular weight excluding hydrogens is 156 g/mol. The molecule has 0 saturated heterocycles. The minimum Gasteiger partial charge on any atom is -0.393 e. The van der Waals surface area contributed by atoms with Crippen molar-refractivity contribution in [2.75, 3.05) is 0 Å². The summed E-state index contributed by atoms with van der Waals surface area (Å²) in [5.41, 5.74) is 1.28. The number of hydrogen-bond donors (Lipinski definition) is 1. The molecule has 2 heteroatoms. The average molecular weight is 170 g/mol. The fraction of sp³-hybridized carbons (Fsp3) is 0.556. The van der Waals surface area contributed by atoms with Crippen LogP contribution in [0.3, 0.4) is 0 Å². The smallest absolute Gasteiger partial charge is 0.0578 e. The van der Waals surface area contributed by atoms with Crippen LogP contribution in [-0.2, 0) is 0 Å². The van der Waals surface area contributed by atoms with Gasteiger partial charge in [0.1, 0.15) is 0 Å². The number of aliphatic hydroxyl groups is 1. The van der Waals surface area contributed by atoms with Gasteiger partial charge in [-0.2, -0.15) is 0 Å². The maximum Gasteiger partial charge on any atom is 0.0578 e. The van der Waals surface area contributed by atoms with Crippen molar-refractivity contribution < 1.29 is 5.11 Å². The van der Waals surface area contributed by atoms with Crippen molar-refractivity contribution in [2.24, 2.45) is 0 Å². The van der Waals surface area contributed by atoms with Crippen LogP contribution in [0.5, 0.6) is 0 Å². The molecule has 1 N–H and O–H groups in total. The molecule has 0 fully saturated rings. The number of aryl methyl sites for hydroxylation is 1. The Hall–Kier alpha value is -0.340. The van der Waals surface area contributed by atoms with E-state index < -0.39 is 0 Å². The van der Waals surface area contributed by atoms with Crippen LogP contribution in [0, 0.1) is 6.92 Å². The van der Waals surface area contributed by atoms with E-state index in [1.807, 2.05) is 6.92 Å². The molecule has 0 radical (unpaired) electrons. The van der Waals surface area contributed by atoms with Gasteiger partial charge in [0.15, 0.2) is 0 Å². The number of rotatable bonds is 2. The van der Waals surface area contributed by atoms with Gasteiger partial charge in [-0.1, -0.05) is 6.92 Å². The van der Waals surface area contributed by atoms with Gasteiger partial charge in [0.2, 0.25) is 0 Å². The van der Waals surface area contributed by atoms with Gasteiger partial charge in [-0.3, -0.25) is 0 Å². The van der Waals surface area contributed by atoms with Crippen molar-refractivity contribution in [3.63, 3.8) is 0 Å². The van der Waals surface area contributed by atoms with E-state index in [1.165, 1.54) is 10.4 Å². The molecule has 2 unspecified atom stereocenters. The quantitative estimate of drug-likeness (QED) is 0.723.